The van der Waals surface area contributed by atoms with Crippen LogP contribution in [0.15, 0.2) is 23.1 Å². The Bertz CT molecular complexity index is 647. The van der Waals surface area contributed by atoms with Crippen LogP contribution >= 0.6 is 0 Å². The van der Waals surface area contributed by atoms with Gasteiger partial charge >= 0.3 is 0 Å². The monoisotopic (exact) mass is 310 g/mol. The van der Waals surface area contributed by atoms with Gasteiger partial charge in [0.1, 0.15) is 0 Å². The Kier molecular flexibility index (Phi) is 3.76. The minimum absolute atomic E-state index is 0.0307. The van der Waals surface area contributed by atoms with E-state index in [1.54, 1.807) is 6.07 Å². The number of rotatable bonds is 3. The number of benzene rings is 1. The molecule has 3 N–H and O–H groups in total. The second kappa shape index (κ2) is 4.80. The largest absolute Gasteiger partial charge is 0.327 e. The molecule has 0 bridgehead atoms. The Hall–Kier alpha value is -0.910. The lowest BCUT2D eigenvalue weighted by molar-refractivity contribution is -0.0593. The Labute approximate surface area is 128 Å². The molecule has 4 nitrogen and oxygen atoms in total. The van der Waals surface area contributed by atoms with Gasteiger partial charge in [-0.2, -0.15) is 0 Å². The smallest absolute Gasteiger partial charge is 0.241 e. The number of sulfonamides is 1. The maximum atomic E-state index is 12.7. The third kappa shape index (κ3) is 2.51. The van der Waals surface area contributed by atoms with E-state index in [1.165, 1.54) is 0 Å². The molecule has 5 heteroatoms. The maximum absolute atomic E-state index is 12.7. The van der Waals surface area contributed by atoms with E-state index >= 15 is 0 Å². The Morgan fingerprint density at radius 3 is 2.10 bits per heavy atom. The van der Waals surface area contributed by atoms with Crippen molar-refractivity contribution in [1.82, 2.24) is 4.72 Å². The summed E-state index contributed by atoms with van der Waals surface area (Å²) in [6.07, 6.45) is 0. The summed E-state index contributed by atoms with van der Waals surface area (Å²) in [5.74, 6) is 0. The number of nitrogens with two attached hydrogens (primary N) is 1. The van der Waals surface area contributed by atoms with Crippen molar-refractivity contribution < 1.29 is 8.42 Å². The zero-order valence-electron chi connectivity index (χ0n) is 13.7. The molecule has 0 unspecified atom stereocenters. The van der Waals surface area contributed by atoms with Crippen LogP contribution < -0.4 is 10.5 Å². The van der Waals surface area contributed by atoms with Crippen LogP contribution in [0.25, 0.3) is 0 Å². The van der Waals surface area contributed by atoms with Gasteiger partial charge in [0.2, 0.25) is 10.0 Å². The highest BCUT2D eigenvalue weighted by Gasteiger charge is 2.61. The maximum Gasteiger partial charge on any atom is 0.241 e. The molecular weight excluding hydrogens is 284 g/mol. The lowest BCUT2D eigenvalue weighted by Crippen LogP contribution is -2.75. The van der Waals surface area contributed by atoms with Crippen LogP contribution in [-0.2, 0) is 10.0 Å². The van der Waals surface area contributed by atoms with Crippen molar-refractivity contribution in [2.75, 3.05) is 0 Å². The zero-order chi connectivity index (χ0) is 16.2. The van der Waals surface area contributed by atoms with Crippen molar-refractivity contribution in [3.8, 4) is 0 Å². The summed E-state index contributed by atoms with van der Waals surface area (Å²) < 4.78 is 28.3. The second-order valence-electron chi connectivity index (χ2n) is 7.44. The molecule has 2 rings (SSSR count). The van der Waals surface area contributed by atoms with Crippen molar-refractivity contribution in [2.24, 2.45) is 16.6 Å². The van der Waals surface area contributed by atoms with Crippen LogP contribution in [-0.4, -0.2) is 20.5 Å². The van der Waals surface area contributed by atoms with Gasteiger partial charge in [-0.25, -0.2) is 13.1 Å². The van der Waals surface area contributed by atoms with E-state index in [-0.39, 0.29) is 22.9 Å². The third-order valence-electron chi connectivity index (χ3n) is 4.98. The SMILES string of the molecule is Cc1ccc(S(=O)(=O)NC2C(C)(C)C(N)C2(C)C)c(C)c1. The number of hydrogen-bond acceptors (Lipinski definition) is 3. The van der Waals surface area contributed by atoms with Crippen molar-refractivity contribution in [3.05, 3.63) is 29.3 Å². The Morgan fingerprint density at radius 1 is 1.10 bits per heavy atom. The molecule has 0 amide bonds. The first-order valence-corrected chi connectivity index (χ1v) is 8.74. The minimum Gasteiger partial charge on any atom is -0.327 e. The number of hydrogen-bond donors (Lipinski definition) is 2. The highest BCUT2D eigenvalue weighted by atomic mass is 32.2. The molecular formula is C16H26N2O2S. The van der Waals surface area contributed by atoms with E-state index < -0.39 is 10.0 Å². The molecule has 0 atom stereocenters. The summed E-state index contributed by atoms with van der Waals surface area (Å²) >= 11 is 0. The van der Waals surface area contributed by atoms with Gasteiger partial charge in [-0.05, 0) is 36.3 Å². The summed E-state index contributed by atoms with van der Waals surface area (Å²) in [5.41, 5.74) is 7.51. The predicted molar refractivity (Wildman–Crippen MR) is 85.6 cm³/mol. The minimum atomic E-state index is -3.54. The lowest BCUT2D eigenvalue weighted by Gasteiger charge is -2.62. The summed E-state index contributed by atoms with van der Waals surface area (Å²) in [7, 11) is -3.54. The van der Waals surface area contributed by atoms with Gasteiger partial charge in [-0.1, -0.05) is 45.4 Å². The molecule has 0 radical (unpaired) electrons. The molecule has 0 heterocycles. The van der Waals surface area contributed by atoms with Crippen LogP contribution in [0.1, 0.15) is 38.8 Å². The van der Waals surface area contributed by atoms with Crippen LogP contribution in [0, 0.1) is 24.7 Å². The summed E-state index contributed by atoms with van der Waals surface area (Å²) in [6.45, 7) is 11.8. The zero-order valence-corrected chi connectivity index (χ0v) is 14.5. The van der Waals surface area contributed by atoms with Gasteiger partial charge in [0.25, 0.3) is 0 Å². The van der Waals surface area contributed by atoms with E-state index in [2.05, 4.69) is 4.72 Å². The van der Waals surface area contributed by atoms with Crippen LogP contribution in [0.2, 0.25) is 0 Å². The standard InChI is InChI=1S/C16H26N2O2S/c1-10-7-8-12(11(2)9-10)21(19,20)18-14-15(3,4)13(17)16(14,5)6/h7-9,13-14,18H,17H2,1-6H3. The van der Waals surface area contributed by atoms with Gasteiger partial charge < -0.3 is 5.73 Å². The lowest BCUT2D eigenvalue weighted by atomic mass is 9.49. The van der Waals surface area contributed by atoms with Gasteiger partial charge in [0.05, 0.1) is 4.90 Å². The van der Waals surface area contributed by atoms with Gasteiger partial charge in [0, 0.05) is 12.1 Å². The van der Waals surface area contributed by atoms with Crippen LogP contribution in [0.5, 0.6) is 0 Å². The van der Waals surface area contributed by atoms with E-state index in [1.807, 2.05) is 53.7 Å². The fraction of sp³-hybridized carbons (Fsp3) is 0.625. The fourth-order valence-corrected chi connectivity index (χ4v) is 5.58. The van der Waals surface area contributed by atoms with E-state index in [9.17, 15) is 8.42 Å². The summed E-state index contributed by atoms with van der Waals surface area (Å²) in [6, 6.07) is 5.18. The normalized spacial score (nSPS) is 27.2. The highest BCUT2D eigenvalue weighted by molar-refractivity contribution is 7.89. The van der Waals surface area contributed by atoms with Crippen molar-refractivity contribution in [1.29, 1.82) is 0 Å². The highest BCUT2D eigenvalue weighted by Crippen LogP contribution is 2.53. The molecule has 0 aromatic heterocycles. The first-order valence-electron chi connectivity index (χ1n) is 7.26. The van der Waals surface area contributed by atoms with Crippen LogP contribution in [0.4, 0.5) is 0 Å². The Morgan fingerprint density at radius 2 is 1.62 bits per heavy atom. The van der Waals surface area contributed by atoms with Gasteiger partial charge in [-0.3, -0.25) is 0 Å². The van der Waals surface area contributed by atoms with Crippen molar-refractivity contribution in [2.45, 2.75) is 58.5 Å². The van der Waals surface area contributed by atoms with Crippen molar-refractivity contribution >= 4 is 10.0 Å². The molecule has 0 saturated heterocycles. The summed E-state index contributed by atoms with van der Waals surface area (Å²) in [5, 5.41) is 0. The molecule has 1 aromatic rings. The quantitative estimate of drug-likeness (QED) is 0.900. The molecule has 1 fully saturated rings. The predicted octanol–water partition coefficient (Wildman–Crippen LogP) is 2.34. The van der Waals surface area contributed by atoms with Gasteiger partial charge in [-0.15, -0.1) is 0 Å². The molecule has 0 spiro atoms. The van der Waals surface area contributed by atoms with E-state index in [0.717, 1.165) is 11.1 Å². The fourth-order valence-electron chi connectivity index (χ4n) is 3.80. The first-order chi connectivity index (χ1) is 9.40. The Balaban J connectivity index is 2.34. The van der Waals surface area contributed by atoms with E-state index in [0.29, 0.717) is 4.90 Å². The van der Waals surface area contributed by atoms with E-state index in [4.69, 9.17) is 5.73 Å². The second-order valence-corrected chi connectivity index (χ2v) is 9.13. The molecule has 1 aromatic carbocycles. The van der Waals surface area contributed by atoms with Gasteiger partial charge in [0.15, 0.2) is 0 Å². The topological polar surface area (TPSA) is 72.2 Å². The molecule has 1 aliphatic carbocycles. The molecule has 21 heavy (non-hydrogen) atoms. The van der Waals surface area contributed by atoms with Crippen LogP contribution in [0.3, 0.4) is 0 Å². The number of nitrogens with one attached hydrogen (secondary N) is 1. The number of aryl methyl sites for hydroxylation is 2. The average molecular weight is 310 g/mol. The van der Waals surface area contributed by atoms with Crippen molar-refractivity contribution in [3.63, 3.8) is 0 Å². The first kappa shape index (κ1) is 16.5. The third-order valence-corrected chi connectivity index (χ3v) is 6.57. The average Bonchev–Trinajstić information content (AvgIpc) is 2.34. The molecule has 1 aliphatic rings. The summed E-state index contributed by atoms with van der Waals surface area (Å²) in [4.78, 5) is 0.347. The molecule has 1 saturated carbocycles. The molecule has 0 aliphatic heterocycles. The molecule has 118 valence electrons.